The first kappa shape index (κ1) is 18.9. The number of hydrogen-bond acceptors (Lipinski definition) is 4. The molecule has 0 saturated carbocycles. The molecule has 4 nitrogen and oxygen atoms in total. The molecule has 0 aromatic carbocycles. The van der Waals surface area contributed by atoms with Crippen LogP contribution >= 0.6 is 7.87 Å². The number of halogens is 1. The third-order valence-corrected chi connectivity index (χ3v) is 6.48. The molecule has 0 bridgehead atoms. The maximum absolute atomic E-state index is 3.76. The minimum absolute atomic E-state index is 0. The molecule has 0 saturated heterocycles. The fraction of sp³-hybridized carbons (Fsp3) is 1.00. The van der Waals surface area contributed by atoms with Gasteiger partial charge in [0.05, 0.1) is 0 Å². The highest BCUT2D eigenvalue weighted by atomic mass is 35.5. The number of rotatable bonds is 4. The van der Waals surface area contributed by atoms with Crippen molar-refractivity contribution in [2.75, 3.05) is 42.3 Å². The molecule has 0 aromatic rings. The lowest BCUT2D eigenvalue weighted by Gasteiger charge is -2.42. The zero-order valence-corrected chi connectivity index (χ0v) is 13.8. The molecule has 0 radical (unpaired) electrons. The summed E-state index contributed by atoms with van der Waals surface area (Å²) in [6.07, 6.45) is 0. The molecule has 0 atom stereocenters. The molecule has 0 fully saturated rings. The molecule has 1 N–H and O–H groups in total. The molecule has 0 amide bonds. The Balaban J connectivity index is 0. The van der Waals surface area contributed by atoms with E-state index in [2.05, 4.69) is 82.2 Å². The van der Waals surface area contributed by atoms with E-state index in [0.717, 1.165) is 0 Å². The predicted molar refractivity (Wildman–Crippen MR) is 70.9 cm³/mol. The second kappa shape index (κ2) is 6.48. The van der Waals surface area contributed by atoms with Crippen molar-refractivity contribution in [1.29, 1.82) is 0 Å². The maximum Gasteiger partial charge on any atom is 0.304 e. The van der Waals surface area contributed by atoms with Crippen molar-refractivity contribution in [3.8, 4) is 0 Å². The van der Waals surface area contributed by atoms with E-state index in [1.807, 2.05) is 0 Å². The molecule has 0 aromatic heterocycles. The van der Waals surface area contributed by atoms with E-state index in [4.69, 9.17) is 0 Å². The lowest BCUT2D eigenvalue weighted by Crippen LogP contribution is -3.00. The standard InChI is InChI=1S/C10H28N4P.ClH/c1-10(2,3)11-15(12(4)5,13(6)7)14(8)9;/h11H,1-9H3;1H/q+1;/p-1. The Hall–Kier alpha value is 0.560. The van der Waals surface area contributed by atoms with Crippen LogP contribution in [0, 0.1) is 0 Å². The second-order valence-electron chi connectivity index (χ2n) is 5.47. The molecule has 0 aliphatic rings. The highest BCUT2D eigenvalue weighted by Gasteiger charge is 2.50. The Labute approximate surface area is 108 Å². The van der Waals surface area contributed by atoms with Gasteiger partial charge in [0, 0.05) is 47.8 Å². The van der Waals surface area contributed by atoms with Crippen LogP contribution in [0.4, 0.5) is 0 Å². The van der Waals surface area contributed by atoms with Crippen LogP contribution < -0.4 is 17.5 Å². The van der Waals surface area contributed by atoms with Gasteiger partial charge in [-0.05, 0) is 20.8 Å². The summed E-state index contributed by atoms with van der Waals surface area (Å²) in [4.78, 5) is 0. The molecular weight excluding hydrogens is 243 g/mol. The van der Waals surface area contributed by atoms with Gasteiger partial charge in [-0.25, -0.2) is 0 Å². The number of nitrogens with zero attached hydrogens (tertiary/aromatic N) is 3. The fourth-order valence-electron chi connectivity index (χ4n) is 1.82. The summed E-state index contributed by atoms with van der Waals surface area (Å²) < 4.78 is 6.87. The lowest BCUT2D eigenvalue weighted by molar-refractivity contribution is -0.00000449. The van der Waals surface area contributed by atoms with Gasteiger partial charge in [-0.1, -0.05) is 0 Å². The summed E-state index contributed by atoms with van der Waals surface area (Å²) in [5.41, 5.74) is 0.104. The highest BCUT2D eigenvalue weighted by molar-refractivity contribution is 7.67. The molecule has 6 heteroatoms. The van der Waals surface area contributed by atoms with E-state index in [1.54, 1.807) is 0 Å². The number of nitrogens with one attached hydrogen (secondary N) is 1. The molecule has 0 rings (SSSR count). The third kappa shape index (κ3) is 4.44. The van der Waals surface area contributed by atoms with Crippen molar-refractivity contribution in [3.05, 3.63) is 0 Å². The first-order chi connectivity index (χ1) is 6.54. The zero-order valence-electron chi connectivity index (χ0n) is 12.2. The Morgan fingerprint density at radius 3 is 1.06 bits per heavy atom. The van der Waals surface area contributed by atoms with Gasteiger partial charge < -0.3 is 12.4 Å². The van der Waals surface area contributed by atoms with Crippen molar-refractivity contribution >= 4 is 7.87 Å². The Kier molecular flexibility index (Phi) is 7.66. The van der Waals surface area contributed by atoms with Crippen molar-refractivity contribution in [2.45, 2.75) is 26.3 Å². The van der Waals surface area contributed by atoms with Crippen molar-refractivity contribution < 1.29 is 12.4 Å². The van der Waals surface area contributed by atoms with Gasteiger partial charge >= 0.3 is 7.87 Å². The van der Waals surface area contributed by atoms with E-state index in [9.17, 15) is 0 Å². The van der Waals surface area contributed by atoms with Gasteiger partial charge in [0.25, 0.3) is 0 Å². The summed E-state index contributed by atoms with van der Waals surface area (Å²) in [5, 5.41) is 3.76. The first-order valence-electron chi connectivity index (χ1n) is 5.26. The molecular formula is C10H28ClN4P. The normalized spacial score (nSPS) is 13.5. The molecule has 0 aliphatic carbocycles. The maximum atomic E-state index is 3.76. The van der Waals surface area contributed by atoms with Crippen LogP contribution in [-0.2, 0) is 0 Å². The zero-order chi connectivity index (χ0) is 12.4. The van der Waals surface area contributed by atoms with Gasteiger partial charge in [0.2, 0.25) is 0 Å². The Morgan fingerprint density at radius 1 is 0.750 bits per heavy atom. The van der Waals surface area contributed by atoms with Crippen LogP contribution in [0.3, 0.4) is 0 Å². The smallest absolute Gasteiger partial charge is 0.304 e. The van der Waals surface area contributed by atoms with Crippen LogP contribution in [0.25, 0.3) is 0 Å². The average Bonchev–Trinajstić information content (AvgIpc) is 1.96. The summed E-state index contributed by atoms with van der Waals surface area (Å²) in [6, 6.07) is 0. The van der Waals surface area contributed by atoms with Crippen molar-refractivity contribution in [3.63, 3.8) is 0 Å². The lowest BCUT2D eigenvalue weighted by atomic mass is 10.1. The molecule has 0 unspecified atom stereocenters. The van der Waals surface area contributed by atoms with E-state index >= 15 is 0 Å². The highest BCUT2D eigenvalue weighted by Crippen LogP contribution is 2.60. The Bertz CT molecular complexity index is 180. The van der Waals surface area contributed by atoms with Gasteiger partial charge in [-0.3, -0.25) is 0 Å². The molecule has 0 spiro atoms. The largest absolute Gasteiger partial charge is 1.00 e. The molecule has 0 aliphatic heterocycles. The minimum atomic E-state index is -1.58. The summed E-state index contributed by atoms with van der Waals surface area (Å²) in [7, 11) is 11.2. The third-order valence-electron chi connectivity index (χ3n) is 2.16. The summed E-state index contributed by atoms with van der Waals surface area (Å²) in [5.74, 6) is 0. The average molecular weight is 271 g/mol. The molecule has 100 valence electrons. The van der Waals surface area contributed by atoms with Crippen LogP contribution in [0.15, 0.2) is 0 Å². The first-order valence-corrected chi connectivity index (χ1v) is 6.90. The molecule has 0 heterocycles. The van der Waals surface area contributed by atoms with Crippen LogP contribution in [0.5, 0.6) is 0 Å². The second-order valence-corrected chi connectivity index (χ2v) is 9.23. The van der Waals surface area contributed by atoms with Crippen LogP contribution in [0.1, 0.15) is 20.8 Å². The van der Waals surface area contributed by atoms with Crippen LogP contribution in [0.2, 0.25) is 0 Å². The molecule has 16 heavy (non-hydrogen) atoms. The quantitative estimate of drug-likeness (QED) is 0.644. The predicted octanol–water partition coefficient (Wildman–Crippen LogP) is -1.26. The van der Waals surface area contributed by atoms with Crippen LogP contribution in [-0.4, -0.2) is 61.8 Å². The topological polar surface area (TPSA) is 21.8 Å². The van der Waals surface area contributed by atoms with E-state index < -0.39 is 7.87 Å². The fourth-order valence-corrected chi connectivity index (χ4v) is 5.47. The van der Waals surface area contributed by atoms with E-state index in [1.165, 1.54) is 0 Å². The van der Waals surface area contributed by atoms with Gasteiger partial charge in [-0.15, -0.1) is 19.1 Å². The van der Waals surface area contributed by atoms with Gasteiger partial charge in [-0.2, -0.15) is 0 Å². The minimum Gasteiger partial charge on any atom is -1.00 e. The van der Waals surface area contributed by atoms with Gasteiger partial charge in [0.1, 0.15) is 0 Å². The van der Waals surface area contributed by atoms with Crippen molar-refractivity contribution in [2.24, 2.45) is 0 Å². The summed E-state index contributed by atoms with van der Waals surface area (Å²) in [6.45, 7) is 6.62. The summed E-state index contributed by atoms with van der Waals surface area (Å²) >= 11 is 0. The van der Waals surface area contributed by atoms with E-state index in [-0.39, 0.29) is 17.9 Å². The monoisotopic (exact) mass is 270 g/mol. The van der Waals surface area contributed by atoms with E-state index in [0.29, 0.717) is 0 Å². The van der Waals surface area contributed by atoms with Crippen molar-refractivity contribution in [1.82, 2.24) is 19.1 Å². The Morgan fingerprint density at radius 2 is 1.00 bits per heavy atom. The SMILES string of the molecule is CN(C)[P+](NC(C)(C)C)(N(C)C)N(C)C.[Cl-]. The van der Waals surface area contributed by atoms with Gasteiger partial charge in [0.15, 0.2) is 0 Å². The number of hydrogen-bond donors (Lipinski definition) is 1.